The van der Waals surface area contributed by atoms with E-state index in [1.54, 1.807) is 29.7 Å². The van der Waals surface area contributed by atoms with Crippen LogP contribution in [0.2, 0.25) is 0 Å². The molecular formula is C16H16N2OS. The standard InChI is InChI=1S/C16H16N2OS/c1-11(9-14-3-2-8-20-14)18-16-15-10-13(19)5-4-12(15)6-7-17-16/h2-8,10-11,19H,9H2,1H3,(H,17,18). The fourth-order valence-electron chi connectivity index (χ4n) is 2.29. The SMILES string of the molecule is CC(Cc1cccs1)Nc1nccc2ccc(O)cc12. The van der Waals surface area contributed by atoms with Crippen molar-refractivity contribution < 1.29 is 5.11 Å². The number of aromatic hydroxyl groups is 1. The van der Waals surface area contributed by atoms with Crippen LogP contribution in [0.25, 0.3) is 10.8 Å². The Bertz CT molecular complexity index is 710. The number of anilines is 1. The largest absolute Gasteiger partial charge is 0.508 e. The Morgan fingerprint density at radius 1 is 1.30 bits per heavy atom. The predicted molar refractivity (Wildman–Crippen MR) is 84.5 cm³/mol. The quantitative estimate of drug-likeness (QED) is 0.760. The maximum Gasteiger partial charge on any atom is 0.134 e. The molecule has 1 unspecified atom stereocenters. The topological polar surface area (TPSA) is 45.2 Å². The van der Waals surface area contributed by atoms with E-state index in [-0.39, 0.29) is 11.8 Å². The second kappa shape index (κ2) is 5.51. The monoisotopic (exact) mass is 284 g/mol. The maximum atomic E-state index is 9.64. The molecule has 0 amide bonds. The van der Waals surface area contributed by atoms with Crippen molar-refractivity contribution in [1.29, 1.82) is 0 Å². The molecule has 3 nitrogen and oxygen atoms in total. The number of nitrogens with one attached hydrogen (secondary N) is 1. The minimum Gasteiger partial charge on any atom is -0.508 e. The number of rotatable bonds is 4. The van der Waals surface area contributed by atoms with E-state index >= 15 is 0 Å². The van der Waals surface area contributed by atoms with E-state index in [1.807, 2.05) is 12.1 Å². The van der Waals surface area contributed by atoms with Gasteiger partial charge in [0.2, 0.25) is 0 Å². The highest BCUT2D eigenvalue weighted by atomic mass is 32.1. The highest BCUT2D eigenvalue weighted by Crippen LogP contribution is 2.26. The first-order chi connectivity index (χ1) is 9.72. The molecule has 0 saturated heterocycles. The third-order valence-electron chi connectivity index (χ3n) is 3.22. The molecule has 0 aliphatic heterocycles. The number of benzene rings is 1. The van der Waals surface area contributed by atoms with E-state index in [2.05, 4.69) is 34.7 Å². The Balaban J connectivity index is 1.85. The second-order valence-electron chi connectivity index (χ2n) is 4.89. The number of phenols is 1. The third kappa shape index (κ3) is 2.75. The number of hydrogen-bond donors (Lipinski definition) is 2. The first kappa shape index (κ1) is 12.9. The van der Waals surface area contributed by atoms with Crippen LogP contribution in [0.5, 0.6) is 5.75 Å². The van der Waals surface area contributed by atoms with Gasteiger partial charge in [-0.15, -0.1) is 11.3 Å². The first-order valence-electron chi connectivity index (χ1n) is 6.59. The summed E-state index contributed by atoms with van der Waals surface area (Å²) in [5.74, 6) is 1.09. The third-order valence-corrected chi connectivity index (χ3v) is 4.12. The summed E-state index contributed by atoms with van der Waals surface area (Å²) >= 11 is 1.77. The van der Waals surface area contributed by atoms with E-state index in [1.165, 1.54) is 4.88 Å². The zero-order valence-electron chi connectivity index (χ0n) is 11.2. The van der Waals surface area contributed by atoms with Gasteiger partial charge in [-0.3, -0.25) is 0 Å². The van der Waals surface area contributed by atoms with Gasteiger partial charge < -0.3 is 10.4 Å². The fourth-order valence-corrected chi connectivity index (χ4v) is 3.12. The lowest BCUT2D eigenvalue weighted by molar-refractivity contribution is 0.476. The van der Waals surface area contributed by atoms with Gasteiger partial charge in [-0.25, -0.2) is 4.98 Å². The van der Waals surface area contributed by atoms with Crippen molar-refractivity contribution in [1.82, 2.24) is 4.98 Å². The Kier molecular flexibility index (Phi) is 3.56. The van der Waals surface area contributed by atoms with Crippen molar-refractivity contribution in [2.45, 2.75) is 19.4 Å². The number of thiophene rings is 1. The average molecular weight is 284 g/mol. The van der Waals surface area contributed by atoms with Gasteiger partial charge in [-0.2, -0.15) is 0 Å². The Labute approximate surface area is 121 Å². The lowest BCUT2D eigenvalue weighted by atomic mass is 10.1. The Morgan fingerprint density at radius 3 is 3.00 bits per heavy atom. The summed E-state index contributed by atoms with van der Waals surface area (Å²) in [5, 5.41) is 17.2. The molecule has 0 fully saturated rings. The van der Waals surface area contributed by atoms with Crippen LogP contribution in [0.1, 0.15) is 11.8 Å². The fraction of sp³-hybridized carbons (Fsp3) is 0.188. The number of phenolic OH excluding ortho intramolecular Hbond substituents is 1. The molecule has 0 saturated carbocycles. The summed E-state index contributed by atoms with van der Waals surface area (Å²) in [7, 11) is 0. The molecule has 1 aromatic carbocycles. The first-order valence-corrected chi connectivity index (χ1v) is 7.47. The van der Waals surface area contributed by atoms with Crippen LogP contribution < -0.4 is 5.32 Å². The lowest BCUT2D eigenvalue weighted by Gasteiger charge is -2.15. The summed E-state index contributed by atoms with van der Waals surface area (Å²) < 4.78 is 0. The molecule has 102 valence electrons. The number of hydrogen-bond acceptors (Lipinski definition) is 4. The van der Waals surface area contributed by atoms with Gasteiger partial charge in [-0.05, 0) is 42.0 Å². The minimum absolute atomic E-state index is 0.263. The van der Waals surface area contributed by atoms with E-state index in [4.69, 9.17) is 0 Å². The van der Waals surface area contributed by atoms with E-state index in [0.29, 0.717) is 0 Å². The van der Waals surface area contributed by atoms with Gasteiger partial charge in [0, 0.05) is 28.9 Å². The maximum absolute atomic E-state index is 9.64. The average Bonchev–Trinajstić information content (AvgIpc) is 2.92. The van der Waals surface area contributed by atoms with E-state index in [9.17, 15) is 5.11 Å². The van der Waals surface area contributed by atoms with Crippen LogP contribution >= 0.6 is 11.3 Å². The molecule has 0 radical (unpaired) electrons. The minimum atomic E-state index is 0.263. The molecule has 2 heterocycles. The molecule has 20 heavy (non-hydrogen) atoms. The van der Waals surface area contributed by atoms with Crippen molar-refractivity contribution in [2.75, 3.05) is 5.32 Å². The van der Waals surface area contributed by atoms with Crippen molar-refractivity contribution in [2.24, 2.45) is 0 Å². The molecule has 2 aromatic heterocycles. The molecule has 3 aromatic rings. The number of pyridine rings is 1. The molecule has 0 bridgehead atoms. The molecular weight excluding hydrogens is 268 g/mol. The molecule has 0 aliphatic rings. The molecule has 2 N–H and O–H groups in total. The van der Waals surface area contributed by atoms with Gasteiger partial charge in [0.25, 0.3) is 0 Å². The Hall–Kier alpha value is -2.07. The lowest BCUT2D eigenvalue weighted by Crippen LogP contribution is -2.18. The number of fused-ring (bicyclic) bond motifs is 1. The highest BCUT2D eigenvalue weighted by Gasteiger charge is 2.08. The second-order valence-corrected chi connectivity index (χ2v) is 5.93. The van der Waals surface area contributed by atoms with Gasteiger partial charge in [0.1, 0.15) is 11.6 Å². The van der Waals surface area contributed by atoms with Crippen molar-refractivity contribution in [3.63, 3.8) is 0 Å². The van der Waals surface area contributed by atoms with Crippen LogP contribution in [0.4, 0.5) is 5.82 Å². The zero-order valence-corrected chi connectivity index (χ0v) is 12.0. The summed E-state index contributed by atoms with van der Waals surface area (Å²) in [6.45, 7) is 2.14. The molecule has 0 spiro atoms. The molecule has 3 rings (SSSR count). The van der Waals surface area contributed by atoms with Crippen molar-refractivity contribution >= 4 is 27.9 Å². The zero-order chi connectivity index (χ0) is 13.9. The van der Waals surface area contributed by atoms with E-state index in [0.717, 1.165) is 23.0 Å². The van der Waals surface area contributed by atoms with Gasteiger partial charge in [0.05, 0.1) is 0 Å². The van der Waals surface area contributed by atoms with Gasteiger partial charge in [0.15, 0.2) is 0 Å². The van der Waals surface area contributed by atoms with Crippen LogP contribution in [0, 0.1) is 0 Å². The number of nitrogens with zero attached hydrogens (tertiary/aromatic N) is 1. The van der Waals surface area contributed by atoms with E-state index < -0.39 is 0 Å². The van der Waals surface area contributed by atoms with Crippen LogP contribution in [0.15, 0.2) is 48.0 Å². The molecule has 4 heteroatoms. The Morgan fingerprint density at radius 2 is 2.20 bits per heavy atom. The molecule has 1 atom stereocenters. The smallest absolute Gasteiger partial charge is 0.134 e. The normalized spacial score (nSPS) is 12.4. The van der Waals surface area contributed by atoms with Gasteiger partial charge >= 0.3 is 0 Å². The van der Waals surface area contributed by atoms with Gasteiger partial charge in [-0.1, -0.05) is 12.1 Å². The van der Waals surface area contributed by atoms with Crippen molar-refractivity contribution in [3.8, 4) is 5.75 Å². The predicted octanol–water partition coefficient (Wildman–Crippen LogP) is 4.05. The van der Waals surface area contributed by atoms with Crippen LogP contribution in [0.3, 0.4) is 0 Å². The summed E-state index contributed by atoms with van der Waals surface area (Å²) in [6, 6.07) is 11.8. The van der Waals surface area contributed by atoms with Crippen molar-refractivity contribution in [3.05, 3.63) is 52.9 Å². The van der Waals surface area contributed by atoms with Crippen LogP contribution in [-0.2, 0) is 6.42 Å². The molecule has 0 aliphatic carbocycles. The summed E-state index contributed by atoms with van der Waals surface area (Å²) in [4.78, 5) is 5.75. The van der Waals surface area contributed by atoms with Crippen LogP contribution in [-0.4, -0.2) is 16.1 Å². The number of aromatic nitrogens is 1. The summed E-state index contributed by atoms with van der Waals surface area (Å²) in [6.07, 6.45) is 2.76. The summed E-state index contributed by atoms with van der Waals surface area (Å²) in [5.41, 5.74) is 0. The highest BCUT2D eigenvalue weighted by molar-refractivity contribution is 7.09.